The summed E-state index contributed by atoms with van der Waals surface area (Å²) in [6, 6.07) is -0.723. The van der Waals surface area contributed by atoms with E-state index < -0.39 is 18.2 Å². The topological polar surface area (TPSA) is 95.9 Å². The molecule has 0 radical (unpaired) electrons. The number of carbonyl (C=O) groups is 2. The number of ether oxygens (including phenoxy) is 1. The smallest absolute Gasteiger partial charge is 0.306 e. The highest BCUT2D eigenvalue weighted by molar-refractivity contribution is 5.77. The molecule has 0 bridgehead atoms. The summed E-state index contributed by atoms with van der Waals surface area (Å²) in [4.78, 5) is 25.9. The monoisotopic (exact) mass is 738 g/mol. The lowest BCUT2D eigenvalue weighted by atomic mass is 10.0. The highest BCUT2D eigenvalue weighted by Crippen LogP contribution is 2.16. The third-order valence-electron chi connectivity index (χ3n) is 9.06. The number of hydrogen-bond acceptors (Lipinski definition) is 5. The van der Waals surface area contributed by atoms with Crippen molar-refractivity contribution in [3.8, 4) is 0 Å². The van der Waals surface area contributed by atoms with E-state index in [4.69, 9.17) is 4.74 Å². The Hall–Kier alpha value is -2.96. The standard InChI is InChI=1S/C47H79NO5/c1-4-7-10-13-16-19-21-23-25-28-31-34-37-40-47(52)53-43(38-35-32-29-27-24-22-20-17-14-11-8-5-2)41-46(51)48-44(42-49)45(50)39-36-33-30-26-18-15-12-9-6-3/h7-8,10-11,13,16-17,19-21,23-25,27,43-45,49-50H,4-6,9,12,14-15,18,22,26,28-42H2,1-3H3,(H,48,51)/b10-7+,11-8+,16-13+,20-17+,21-19-,25-23-,27-24+. The number of rotatable bonds is 36. The molecule has 0 aliphatic heterocycles. The van der Waals surface area contributed by atoms with Gasteiger partial charge in [0.2, 0.25) is 5.91 Å². The summed E-state index contributed by atoms with van der Waals surface area (Å²) in [6.45, 7) is 6.15. The number of aliphatic hydroxyl groups excluding tert-OH is 2. The number of aliphatic hydroxyl groups is 2. The maximum absolute atomic E-state index is 13.1. The van der Waals surface area contributed by atoms with Gasteiger partial charge in [0.05, 0.1) is 25.2 Å². The summed E-state index contributed by atoms with van der Waals surface area (Å²) < 4.78 is 5.85. The van der Waals surface area contributed by atoms with Crippen LogP contribution in [0.4, 0.5) is 0 Å². The maximum atomic E-state index is 13.1. The average Bonchev–Trinajstić information content (AvgIpc) is 3.15. The molecular weight excluding hydrogens is 659 g/mol. The SMILES string of the molecule is CC/C=C/C=C/C=C\C=C/CCCCCC(=O)OC(CCCC/C=C/C/C=C/C/C=C/CC)CC(=O)NC(CO)C(O)CCCCCCCCCCC. The van der Waals surface area contributed by atoms with Gasteiger partial charge in [-0.3, -0.25) is 9.59 Å². The Kier molecular flexibility index (Phi) is 38.0. The molecular formula is C47H79NO5. The van der Waals surface area contributed by atoms with Gasteiger partial charge in [-0.25, -0.2) is 0 Å². The van der Waals surface area contributed by atoms with Gasteiger partial charge < -0.3 is 20.3 Å². The molecule has 6 heteroatoms. The number of carbonyl (C=O) groups excluding carboxylic acids is 2. The first-order valence-electron chi connectivity index (χ1n) is 21.4. The van der Waals surface area contributed by atoms with Crippen molar-refractivity contribution in [3.05, 3.63) is 85.1 Å². The normalized spacial score (nSPS) is 14.3. The molecule has 0 aromatic heterocycles. The number of hydrogen-bond donors (Lipinski definition) is 3. The Morgan fingerprint density at radius 1 is 0.585 bits per heavy atom. The first kappa shape index (κ1) is 50.0. The van der Waals surface area contributed by atoms with Crippen molar-refractivity contribution in [2.45, 2.75) is 193 Å². The summed E-state index contributed by atoms with van der Waals surface area (Å²) in [5.74, 6) is -0.572. The summed E-state index contributed by atoms with van der Waals surface area (Å²) in [7, 11) is 0. The molecule has 0 saturated carbocycles. The molecule has 0 aliphatic carbocycles. The second kappa shape index (κ2) is 40.2. The fourth-order valence-electron chi connectivity index (χ4n) is 5.86. The van der Waals surface area contributed by atoms with Crippen LogP contribution in [0.15, 0.2) is 85.1 Å². The lowest BCUT2D eigenvalue weighted by Crippen LogP contribution is -2.46. The van der Waals surface area contributed by atoms with Gasteiger partial charge in [-0.2, -0.15) is 0 Å². The summed E-state index contributed by atoms with van der Waals surface area (Å²) in [5.41, 5.74) is 0. The zero-order chi connectivity index (χ0) is 38.9. The molecule has 302 valence electrons. The minimum Gasteiger partial charge on any atom is -0.462 e. The third kappa shape index (κ3) is 35.8. The van der Waals surface area contributed by atoms with E-state index in [9.17, 15) is 19.8 Å². The van der Waals surface area contributed by atoms with E-state index in [2.05, 4.69) is 80.8 Å². The largest absolute Gasteiger partial charge is 0.462 e. The van der Waals surface area contributed by atoms with Crippen molar-refractivity contribution in [1.82, 2.24) is 5.32 Å². The zero-order valence-corrected chi connectivity index (χ0v) is 34.1. The van der Waals surface area contributed by atoms with Crippen molar-refractivity contribution in [2.24, 2.45) is 0 Å². The molecule has 0 aromatic rings. The quantitative estimate of drug-likeness (QED) is 0.0257. The van der Waals surface area contributed by atoms with E-state index in [0.717, 1.165) is 89.9 Å². The Balaban J connectivity index is 4.77. The van der Waals surface area contributed by atoms with E-state index in [1.54, 1.807) is 0 Å². The number of allylic oxidation sites excluding steroid dienone is 14. The van der Waals surface area contributed by atoms with Crippen molar-refractivity contribution in [2.75, 3.05) is 6.61 Å². The zero-order valence-electron chi connectivity index (χ0n) is 34.1. The molecule has 0 spiro atoms. The van der Waals surface area contributed by atoms with Gasteiger partial charge in [-0.15, -0.1) is 0 Å². The highest BCUT2D eigenvalue weighted by atomic mass is 16.5. The molecule has 1 amide bonds. The fourth-order valence-corrected chi connectivity index (χ4v) is 5.86. The van der Waals surface area contributed by atoms with Crippen molar-refractivity contribution >= 4 is 11.9 Å². The van der Waals surface area contributed by atoms with Crippen LogP contribution in [0.1, 0.15) is 175 Å². The lowest BCUT2D eigenvalue weighted by Gasteiger charge is -2.24. The van der Waals surface area contributed by atoms with Crippen LogP contribution in [0, 0.1) is 0 Å². The van der Waals surface area contributed by atoms with Crippen molar-refractivity contribution < 1.29 is 24.5 Å². The summed E-state index contributed by atoms with van der Waals surface area (Å²) in [5, 5.41) is 23.5. The fraction of sp³-hybridized carbons (Fsp3) is 0.660. The van der Waals surface area contributed by atoms with Gasteiger partial charge in [0.25, 0.3) is 0 Å². The molecule has 0 aromatic carbocycles. The second-order valence-electron chi connectivity index (χ2n) is 14.1. The molecule has 3 N–H and O–H groups in total. The Morgan fingerprint density at radius 2 is 1.11 bits per heavy atom. The molecule has 0 rings (SSSR count). The van der Waals surface area contributed by atoms with Crippen LogP contribution in [-0.2, 0) is 14.3 Å². The first-order chi connectivity index (χ1) is 26.0. The molecule has 3 unspecified atom stereocenters. The van der Waals surface area contributed by atoms with Crippen LogP contribution in [0.5, 0.6) is 0 Å². The molecule has 6 nitrogen and oxygen atoms in total. The molecule has 53 heavy (non-hydrogen) atoms. The van der Waals surface area contributed by atoms with E-state index in [1.807, 2.05) is 30.4 Å². The number of unbranched alkanes of at least 4 members (excludes halogenated alkanes) is 13. The number of amides is 1. The Labute approximate surface area is 325 Å². The van der Waals surface area contributed by atoms with Crippen LogP contribution in [0.3, 0.4) is 0 Å². The molecule has 0 fully saturated rings. The number of esters is 1. The molecule has 3 atom stereocenters. The summed E-state index contributed by atoms with van der Waals surface area (Å²) >= 11 is 0. The maximum Gasteiger partial charge on any atom is 0.306 e. The first-order valence-corrected chi connectivity index (χ1v) is 21.4. The van der Waals surface area contributed by atoms with Crippen LogP contribution < -0.4 is 5.32 Å². The van der Waals surface area contributed by atoms with Crippen molar-refractivity contribution in [1.29, 1.82) is 0 Å². The Morgan fingerprint density at radius 3 is 1.77 bits per heavy atom. The minimum absolute atomic E-state index is 0.0303. The molecule has 0 saturated heterocycles. The second-order valence-corrected chi connectivity index (χ2v) is 14.1. The lowest BCUT2D eigenvalue weighted by molar-refractivity contribution is -0.151. The third-order valence-corrected chi connectivity index (χ3v) is 9.06. The van der Waals surface area contributed by atoms with Gasteiger partial charge in [0.1, 0.15) is 6.10 Å². The van der Waals surface area contributed by atoms with Crippen LogP contribution in [0.2, 0.25) is 0 Å². The minimum atomic E-state index is -0.806. The average molecular weight is 738 g/mol. The van der Waals surface area contributed by atoms with Crippen LogP contribution in [0.25, 0.3) is 0 Å². The van der Waals surface area contributed by atoms with E-state index in [1.165, 1.54) is 38.5 Å². The Bertz CT molecular complexity index is 1050. The van der Waals surface area contributed by atoms with E-state index >= 15 is 0 Å². The van der Waals surface area contributed by atoms with Gasteiger partial charge in [-0.1, -0.05) is 170 Å². The van der Waals surface area contributed by atoms with Crippen LogP contribution in [-0.4, -0.2) is 46.9 Å². The van der Waals surface area contributed by atoms with Gasteiger partial charge in [0, 0.05) is 6.42 Å². The highest BCUT2D eigenvalue weighted by Gasteiger charge is 2.24. The molecule has 0 heterocycles. The van der Waals surface area contributed by atoms with Gasteiger partial charge >= 0.3 is 5.97 Å². The van der Waals surface area contributed by atoms with Crippen molar-refractivity contribution in [3.63, 3.8) is 0 Å². The predicted octanol–water partition coefficient (Wildman–Crippen LogP) is 12.1. The van der Waals surface area contributed by atoms with Gasteiger partial charge in [0.15, 0.2) is 0 Å². The number of nitrogens with one attached hydrogen (secondary N) is 1. The van der Waals surface area contributed by atoms with Gasteiger partial charge in [-0.05, 0) is 77.0 Å². The van der Waals surface area contributed by atoms with Crippen LogP contribution >= 0.6 is 0 Å². The van der Waals surface area contributed by atoms with E-state index in [-0.39, 0.29) is 24.9 Å². The molecule has 0 aliphatic rings. The predicted molar refractivity (Wildman–Crippen MR) is 227 cm³/mol. The van der Waals surface area contributed by atoms with E-state index in [0.29, 0.717) is 19.3 Å². The summed E-state index contributed by atoms with van der Waals surface area (Å²) in [6.07, 6.45) is 50.7.